The van der Waals surface area contributed by atoms with E-state index in [2.05, 4.69) is 5.32 Å². The van der Waals surface area contributed by atoms with Crippen molar-refractivity contribution in [1.82, 2.24) is 5.32 Å². The largest absolute Gasteiger partial charge is 0.349 e. The molecule has 0 aliphatic carbocycles. The molecule has 1 atom stereocenters. The zero-order valence-electron chi connectivity index (χ0n) is 18.6. The molecule has 0 fully saturated rings. The number of nitrogens with zero attached hydrogens (tertiary/aromatic N) is 1. The van der Waals surface area contributed by atoms with E-state index in [1.165, 1.54) is 16.4 Å². The molecule has 2 aromatic carbocycles. The molecule has 0 saturated carbocycles. The van der Waals surface area contributed by atoms with Gasteiger partial charge in [0.05, 0.1) is 22.9 Å². The molecule has 1 unspecified atom stereocenters. The minimum absolute atomic E-state index is 0.142. The fourth-order valence-corrected chi connectivity index (χ4v) is 5.17. The number of carbonyl (C=O) groups is 1. The van der Waals surface area contributed by atoms with Crippen LogP contribution < -0.4 is 9.62 Å². The molecule has 2 aromatic rings. The number of sulfonamides is 1. The molecule has 2 rings (SSSR count). The van der Waals surface area contributed by atoms with E-state index in [1.807, 2.05) is 6.92 Å². The lowest BCUT2D eigenvalue weighted by atomic mass is 10.0. The van der Waals surface area contributed by atoms with E-state index in [1.54, 1.807) is 37.3 Å². The first-order chi connectivity index (χ1) is 14.8. The Morgan fingerprint density at radius 2 is 1.69 bits per heavy atom. The van der Waals surface area contributed by atoms with Gasteiger partial charge in [0, 0.05) is 24.2 Å². The quantitative estimate of drug-likeness (QED) is 0.533. The van der Waals surface area contributed by atoms with E-state index in [4.69, 9.17) is 11.6 Å². The van der Waals surface area contributed by atoms with Gasteiger partial charge in [-0.25, -0.2) is 16.8 Å². The van der Waals surface area contributed by atoms with Gasteiger partial charge in [0.2, 0.25) is 15.9 Å². The van der Waals surface area contributed by atoms with Crippen LogP contribution in [-0.4, -0.2) is 41.8 Å². The summed E-state index contributed by atoms with van der Waals surface area (Å²) < 4.78 is 49.1. The van der Waals surface area contributed by atoms with E-state index in [0.717, 1.165) is 18.1 Å². The Bertz CT molecular complexity index is 1160. The summed E-state index contributed by atoms with van der Waals surface area (Å²) in [6.07, 6.45) is 3.37. The van der Waals surface area contributed by atoms with Crippen molar-refractivity contribution in [2.24, 2.45) is 0 Å². The van der Waals surface area contributed by atoms with Crippen LogP contribution in [0.2, 0.25) is 5.02 Å². The fraction of sp³-hybridized carbons (Fsp3) is 0.409. The van der Waals surface area contributed by atoms with Crippen molar-refractivity contribution in [3.63, 3.8) is 0 Å². The molecule has 7 nitrogen and oxygen atoms in total. The van der Waals surface area contributed by atoms with Gasteiger partial charge in [0.15, 0.2) is 9.84 Å². The van der Waals surface area contributed by atoms with Crippen LogP contribution in [0.25, 0.3) is 0 Å². The van der Waals surface area contributed by atoms with Crippen molar-refractivity contribution in [1.29, 1.82) is 0 Å². The Morgan fingerprint density at radius 3 is 2.22 bits per heavy atom. The summed E-state index contributed by atoms with van der Waals surface area (Å²) in [6.45, 7) is 3.82. The summed E-state index contributed by atoms with van der Waals surface area (Å²) >= 11 is 6.14. The van der Waals surface area contributed by atoms with Crippen molar-refractivity contribution in [3.8, 4) is 0 Å². The maximum Gasteiger partial charge on any atom is 0.232 e. The molecule has 1 N–H and O–H groups in total. The molecular weight excluding hydrogens is 472 g/mol. The second-order valence-electron chi connectivity index (χ2n) is 7.69. The van der Waals surface area contributed by atoms with Crippen LogP contribution in [0.3, 0.4) is 0 Å². The number of anilines is 1. The Hall–Kier alpha value is -2.10. The normalized spacial score (nSPS) is 12.9. The molecule has 0 spiro atoms. The smallest absolute Gasteiger partial charge is 0.232 e. The minimum Gasteiger partial charge on any atom is -0.349 e. The maximum absolute atomic E-state index is 12.5. The number of sulfone groups is 1. The van der Waals surface area contributed by atoms with Gasteiger partial charge in [0.1, 0.15) is 0 Å². The Labute approximate surface area is 195 Å². The van der Waals surface area contributed by atoms with Crippen molar-refractivity contribution in [2.75, 3.05) is 23.4 Å². The fourth-order valence-electron chi connectivity index (χ4n) is 3.35. The monoisotopic (exact) mass is 500 g/mol. The molecule has 32 heavy (non-hydrogen) atoms. The second-order valence-corrected chi connectivity index (χ2v) is 12.0. The Kier molecular flexibility index (Phi) is 8.73. The summed E-state index contributed by atoms with van der Waals surface area (Å²) in [7, 11) is -6.83. The molecule has 0 aromatic heterocycles. The van der Waals surface area contributed by atoms with E-state index < -0.39 is 19.9 Å². The molecule has 10 heteroatoms. The van der Waals surface area contributed by atoms with Crippen molar-refractivity contribution < 1.29 is 21.6 Å². The SMILES string of the molecule is CCC(NC(=O)CCCN(c1cccc(Cl)c1C)S(C)(=O)=O)c1ccc(S(C)(=O)=O)cc1. The number of carbonyl (C=O) groups excluding carboxylic acids is 1. The highest BCUT2D eigenvalue weighted by atomic mass is 35.5. The first-order valence-corrected chi connectivity index (χ1v) is 14.3. The minimum atomic E-state index is -3.55. The van der Waals surface area contributed by atoms with E-state index in [-0.39, 0.29) is 29.8 Å². The van der Waals surface area contributed by atoms with E-state index in [9.17, 15) is 21.6 Å². The first-order valence-electron chi connectivity index (χ1n) is 10.2. The van der Waals surface area contributed by atoms with Crippen LogP contribution >= 0.6 is 11.6 Å². The average molecular weight is 501 g/mol. The highest BCUT2D eigenvalue weighted by Crippen LogP contribution is 2.28. The van der Waals surface area contributed by atoms with Gasteiger partial charge < -0.3 is 5.32 Å². The summed E-state index contributed by atoms with van der Waals surface area (Å²) in [5.74, 6) is -0.208. The third kappa shape index (κ3) is 6.95. The summed E-state index contributed by atoms with van der Waals surface area (Å²) in [6, 6.07) is 11.2. The van der Waals surface area contributed by atoms with Gasteiger partial charge in [-0.2, -0.15) is 0 Å². The highest BCUT2D eigenvalue weighted by molar-refractivity contribution is 7.92. The first kappa shape index (κ1) is 26.2. The molecule has 0 saturated heterocycles. The summed E-state index contributed by atoms with van der Waals surface area (Å²) in [4.78, 5) is 12.7. The Balaban J connectivity index is 2.03. The van der Waals surface area contributed by atoms with Gasteiger partial charge >= 0.3 is 0 Å². The molecule has 0 heterocycles. The van der Waals surface area contributed by atoms with Gasteiger partial charge in [-0.1, -0.05) is 36.7 Å². The van der Waals surface area contributed by atoms with Crippen molar-refractivity contribution >= 4 is 43.1 Å². The molecule has 0 aliphatic heterocycles. The number of halogens is 1. The van der Waals surface area contributed by atoms with Crippen LogP contribution in [0.4, 0.5) is 5.69 Å². The number of hydrogen-bond donors (Lipinski definition) is 1. The topological polar surface area (TPSA) is 101 Å². The van der Waals surface area contributed by atoms with Crippen LogP contribution in [-0.2, 0) is 24.7 Å². The molecule has 0 bridgehead atoms. The molecule has 0 aliphatic rings. The number of benzene rings is 2. The number of hydrogen-bond acceptors (Lipinski definition) is 5. The summed E-state index contributed by atoms with van der Waals surface area (Å²) in [5, 5.41) is 3.41. The average Bonchev–Trinajstić information content (AvgIpc) is 2.70. The van der Waals surface area contributed by atoms with Gasteiger partial charge in [0.25, 0.3) is 0 Å². The predicted molar refractivity (Wildman–Crippen MR) is 128 cm³/mol. The third-order valence-corrected chi connectivity index (χ3v) is 7.85. The van der Waals surface area contributed by atoms with Crippen LogP contribution in [0, 0.1) is 6.92 Å². The van der Waals surface area contributed by atoms with Crippen LogP contribution in [0.5, 0.6) is 0 Å². The standard InChI is InChI=1S/C22H29ClN2O5S2/c1-5-20(17-11-13-18(14-12-17)31(3,27)28)24-22(26)10-7-15-25(32(4,29)30)21-9-6-8-19(23)16(21)2/h6,8-9,11-14,20H,5,7,10,15H2,1-4H3,(H,24,26). The lowest BCUT2D eigenvalue weighted by Crippen LogP contribution is -2.33. The molecular formula is C22H29ClN2O5S2. The van der Waals surface area contributed by atoms with E-state index >= 15 is 0 Å². The number of rotatable bonds is 10. The Morgan fingerprint density at radius 1 is 1.06 bits per heavy atom. The lowest BCUT2D eigenvalue weighted by Gasteiger charge is -2.25. The maximum atomic E-state index is 12.5. The van der Waals surface area contributed by atoms with Crippen LogP contribution in [0.15, 0.2) is 47.4 Å². The van der Waals surface area contributed by atoms with Crippen molar-refractivity contribution in [3.05, 3.63) is 58.6 Å². The lowest BCUT2D eigenvalue weighted by molar-refractivity contribution is -0.121. The van der Waals surface area contributed by atoms with Gasteiger partial charge in [-0.05, 0) is 55.2 Å². The number of amides is 1. The van der Waals surface area contributed by atoms with Crippen molar-refractivity contribution in [2.45, 2.75) is 44.0 Å². The molecule has 0 radical (unpaired) electrons. The second kappa shape index (κ2) is 10.7. The van der Waals surface area contributed by atoms with Gasteiger partial charge in [-0.15, -0.1) is 0 Å². The molecule has 176 valence electrons. The number of nitrogens with one attached hydrogen (secondary N) is 1. The molecule has 1 amide bonds. The third-order valence-electron chi connectivity index (χ3n) is 5.13. The van der Waals surface area contributed by atoms with E-state index in [0.29, 0.717) is 29.1 Å². The zero-order chi connectivity index (χ0) is 24.1. The highest BCUT2D eigenvalue weighted by Gasteiger charge is 2.21. The van der Waals surface area contributed by atoms with Gasteiger partial charge in [-0.3, -0.25) is 9.10 Å². The summed E-state index contributed by atoms with van der Waals surface area (Å²) in [5.41, 5.74) is 1.96. The van der Waals surface area contributed by atoms with Crippen LogP contribution in [0.1, 0.15) is 43.4 Å². The zero-order valence-corrected chi connectivity index (χ0v) is 21.0. The predicted octanol–water partition coefficient (Wildman–Crippen LogP) is 3.87.